The van der Waals surface area contributed by atoms with Crippen LogP contribution in [0.25, 0.3) is 0 Å². The van der Waals surface area contributed by atoms with E-state index in [2.05, 4.69) is 4.98 Å². The van der Waals surface area contributed by atoms with Gasteiger partial charge in [-0.3, -0.25) is 0 Å². The maximum Gasteiger partial charge on any atom is 0.171 e. The van der Waals surface area contributed by atoms with Gasteiger partial charge in [-0.15, -0.1) is 0 Å². The average molecular weight is 260 g/mol. The van der Waals surface area contributed by atoms with Crippen LogP contribution in [0.15, 0.2) is 42.6 Å². The van der Waals surface area contributed by atoms with Gasteiger partial charge >= 0.3 is 0 Å². The number of halogens is 1. The standard InChI is InChI=1S/C15H17FN2O/c1-18(10-8-12-5-3-2-4-6-12)15-14(16)13(11-19)7-9-17-15/h2-7,9,19H,8,10-11H2,1H3. The van der Waals surface area contributed by atoms with Gasteiger partial charge < -0.3 is 10.0 Å². The first kappa shape index (κ1) is 13.5. The number of hydrogen-bond acceptors (Lipinski definition) is 3. The summed E-state index contributed by atoms with van der Waals surface area (Å²) >= 11 is 0. The molecule has 19 heavy (non-hydrogen) atoms. The molecule has 2 aromatic rings. The molecule has 2 rings (SSSR count). The summed E-state index contributed by atoms with van der Waals surface area (Å²) in [5.41, 5.74) is 1.48. The fourth-order valence-corrected chi connectivity index (χ4v) is 1.91. The van der Waals surface area contributed by atoms with Crippen LogP contribution in [-0.2, 0) is 13.0 Å². The van der Waals surface area contributed by atoms with E-state index in [0.29, 0.717) is 6.54 Å². The SMILES string of the molecule is CN(CCc1ccccc1)c1nccc(CO)c1F. The molecule has 0 saturated heterocycles. The number of benzene rings is 1. The smallest absolute Gasteiger partial charge is 0.171 e. The van der Waals surface area contributed by atoms with Gasteiger partial charge in [0.2, 0.25) is 0 Å². The van der Waals surface area contributed by atoms with Crippen LogP contribution in [0.5, 0.6) is 0 Å². The monoisotopic (exact) mass is 260 g/mol. The lowest BCUT2D eigenvalue weighted by Gasteiger charge is -2.19. The molecule has 100 valence electrons. The first-order valence-corrected chi connectivity index (χ1v) is 6.21. The van der Waals surface area contributed by atoms with Crippen molar-refractivity contribution in [2.45, 2.75) is 13.0 Å². The third-order valence-corrected chi connectivity index (χ3v) is 3.06. The third kappa shape index (κ3) is 3.29. The van der Waals surface area contributed by atoms with Crippen LogP contribution >= 0.6 is 0 Å². The highest BCUT2D eigenvalue weighted by Crippen LogP contribution is 2.18. The summed E-state index contributed by atoms with van der Waals surface area (Å²) < 4.78 is 14.0. The van der Waals surface area contributed by atoms with Gasteiger partial charge in [0.1, 0.15) is 0 Å². The zero-order chi connectivity index (χ0) is 13.7. The van der Waals surface area contributed by atoms with E-state index in [9.17, 15) is 4.39 Å². The van der Waals surface area contributed by atoms with Gasteiger partial charge in [-0.25, -0.2) is 9.37 Å². The van der Waals surface area contributed by atoms with E-state index in [1.165, 1.54) is 17.8 Å². The number of nitrogens with zero attached hydrogens (tertiary/aromatic N) is 2. The zero-order valence-electron chi connectivity index (χ0n) is 10.9. The lowest BCUT2D eigenvalue weighted by Crippen LogP contribution is -2.23. The van der Waals surface area contributed by atoms with E-state index in [4.69, 9.17) is 5.11 Å². The maximum atomic E-state index is 14.0. The van der Waals surface area contributed by atoms with Crippen molar-refractivity contribution in [1.29, 1.82) is 0 Å². The predicted octanol–water partition coefficient (Wildman–Crippen LogP) is 2.39. The number of aromatic nitrogens is 1. The lowest BCUT2D eigenvalue weighted by molar-refractivity contribution is 0.275. The van der Waals surface area contributed by atoms with Crippen molar-refractivity contribution < 1.29 is 9.50 Å². The summed E-state index contributed by atoms with van der Waals surface area (Å²) in [6, 6.07) is 11.5. The summed E-state index contributed by atoms with van der Waals surface area (Å²) in [7, 11) is 1.80. The molecule has 0 amide bonds. The zero-order valence-corrected chi connectivity index (χ0v) is 10.9. The minimum absolute atomic E-state index is 0.275. The average Bonchev–Trinajstić information content (AvgIpc) is 2.46. The van der Waals surface area contributed by atoms with Crippen LogP contribution in [0, 0.1) is 5.82 Å². The second-order valence-electron chi connectivity index (χ2n) is 4.42. The molecule has 1 heterocycles. The summed E-state index contributed by atoms with van der Waals surface area (Å²) in [6.07, 6.45) is 2.34. The molecular weight excluding hydrogens is 243 g/mol. The minimum Gasteiger partial charge on any atom is -0.392 e. The van der Waals surface area contributed by atoms with Crippen LogP contribution in [0.2, 0.25) is 0 Å². The molecule has 0 fully saturated rings. The first-order valence-electron chi connectivity index (χ1n) is 6.21. The molecule has 1 aromatic carbocycles. The van der Waals surface area contributed by atoms with Crippen LogP contribution in [-0.4, -0.2) is 23.7 Å². The van der Waals surface area contributed by atoms with E-state index in [0.717, 1.165) is 6.42 Å². The molecule has 0 saturated carbocycles. The number of aliphatic hydroxyl groups is 1. The molecule has 1 N–H and O–H groups in total. The quantitative estimate of drug-likeness (QED) is 0.896. The predicted molar refractivity (Wildman–Crippen MR) is 73.5 cm³/mol. The molecule has 4 heteroatoms. The number of likely N-dealkylation sites (N-methyl/N-ethyl adjacent to an activating group) is 1. The number of hydrogen-bond donors (Lipinski definition) is 1. The van der Waals surface area contributed by atoms with Crippen LogP contribution < -0.4 is 4.90 Å². The van der Waals surface area contributed by atoms with Gasteiger partial charge in [0, 0.05) is 25.4 Å². The van der Waals surface area contributed by atoms with E-state index in [1.54, 1.807) is 11.9 Å². The first-order chi connectivity index (χ1) is 9.22. The molecule has 0 bridgehead atoms. The summed E-state index contributed by atoms with van der Waals surface area (Å²) in [5, 5.41) is 9.05. The molecule has 1 aromatic heterocycles. The number of aliphatic hydroxyl groups excluding tert-OH is 1. The number of anilines is 1. The largest absolute Gasteiger partial charge is 0.392 e. The van der Waals surface area contributed by atoms with Crippen molar-refractivity contribution in [3.63, 3.8) is 0 Å². The van der Waals surface area contributed by atoms with Crippen LogP contribution in [0.3, 0.4) is 0 Å². The van der Waals surface area contributed by atoms with Gasteiger partial charge in [-0.2, -0.15) is 0 Å². The molecule has 0 aliphatic carbocycles. The maximum absolute atomic E-state index is 14.0. The van der Waals surface area contributed by atoms with E-state index < -0.39 is 5.82 Å². The molecular formula is C15H17FN2O. The molecule has 0 aliphatic rings. The molecule has 0 unspecified atom stereocenters. The van der Waals surface area contributed by atoms with E-state index >= 15 is 0 Å². The van der Waals surface area contributed by atoms with E-state index in [-0.39, 0.29) is 18.0 Å². The van der Waals surface area contributed by atoms with Crippen molar-refractivity contribution in [2.75, 3.05) is 18.5 Å². The fourth-order valence-electron chi connectivity index (χ4n) is 1.91. The molecule has 0 atom stereocenters. The van der Waals surface area contributed by atoms with Gasteiger partial charge in [-0.1, -0.05) is 30.3 Å². The van der Waals surface area contributed by atoms with Crippen molar-refractivity contribution in [3.8, 4) is 0 Å². The van der Waals surface area contributed by atoms with Gasteiger partial charge in [0.05, 0.1) is 6.61 Å². The summed E-state index contributed by atoms with van der Waals surface area (Å²) in [5.74, 6) is -0.164. The van der Waals surface area contributed by atoms with Gasteiger partial charge in [0.15, 0.2) is 11.6 Å². The Morgan fingerprint density at radius 2 is 1.95 bits per heavy atom. The Bertz CT molecular complexity index is 531. The van der Waals surface area contributed by atoms with Gasteiger partial charge in [0.25, 0.3) is 0 Å². The highest BCUT2D eigenvalue weighted by molar-refractivity contribution is 5.42. The van der Waals surface area contributed by atoms with Gasteiger partial charge in [-0.05, 0) is 18.1 Å². The Labute approximate surface area is 112 Å². The van der Waals surface area contributed by atoms with Crippen molar-refractivity contribution in [3.05, 3.63) is 59.5 Å². The molecule has 0 spiro atoms. The Balaban J connectivity index is 2.06. The Kier molecular flexibility index (Phi) is 4.47. The second kappa shape index (κ2) is 6.29. The van der Waals surface area contributed by atoms with Crippen LogP contribution in [0.4, 0.5) is 10.2 Å². The normalized spacial score (nSPS) is 10.5. The summed E-state index contributed by atoms with van der Waals surface area (Å²) in [6.45, 7) is 0.358. The molecule has 3 nitrogen and oxygen atoms in total. The van der Waals surface area contributed by atoms with Crippen molar-refractivity contribution in [2.24, 2.45) is 0 Å². The second-order valence-corrected chi connectivity index (χ2v) is 4.42. The highest BCUT2D eigenvalue weighted by Gasteiger charge is 2.12. The Hall–Kier alpha value is -1.94. The number of pyridine rings is 1. The highest BCUT2D eigenvalue weighted by atomic mass is 19.1. The fraction of sp³-hybridized carbons (Fsp3) is 0.267. The van der Waals surface area contributed by atoms with Crippen LogP contribution in [0.1, 0.15) is 11.1 Å². The summed E-state index contributed by atoms with van der Waals surface area (Å²) in [4.78, 5) is 5.80. The topological polar surface area (TPSA) is 36.4 Å². The Morgan fingerprint density at radius 1 is 1.21 bits per heavy atom. The van der Waals surface area contributed by atoms with Crippen molar-refractivity contribution in [1.82, 2.24) is 4.98 Å². The van der Waals surface area contributed by atoms with E-state index in [1.807, 2.05) is 30.3 Å². The number of rotatable bonds is 5. The molecule has 0 radical (unpaired) electrons. The lowest BCUT2D eigenvalue weighted by atomic mass is 10.1. The molecule has 0 aliphatic heterocycles. The van der Waals surface area contributed by atoms with Crippen molar-refractivity contribution >= 4 is 5.82 Å². The minimum atomic E-state index is -0.444. The Morgan fingerprint density at radius 3 is 2.63 bits per heavy atom. The third-order valence-electron chi connectivity index (χ3n) is 3.06.